The zero-order valence-corrected chi connectivity index (χ0v) is 17.5. The van der Waals surface area contributed by atoms with E-state index in [1.165, 1.54) is 0 Å². The number of urea groups is 1. The van der Waals surface area contributed by atoms with Crippen LogP contribution in [0.2, 0.25) is 0 Å². The molecule has 0 heterocycles. The van der Waals surface area contributed by atoms with Gasteiger partial charge in [0.15, 0.2) is 0 Å². The topological polar surface area (TPSA) is 64.7 Å². The number of carbonyl (C=O) groups is 2. The summed E-state index contributed by atoms with van der Waals surface area (Å²) in [6.07, 6.45) is 2.83. The van der Waals surface area contributed by atoms with Crippen molar-refractivity contribution in [1.29, 1.82) is 0 Å². The van der Waals surface area contributed by atoms with Crippen LogP contribution in [0.25, 0.3) is 0 Å². The number of hydrogen-bond donors (Lipinski definition) is 2. The summed E-state index contributed by atoms with van der Waals surface area (Å²) < 4.78 is 0. The first-order chi connectivity index (χ1) is 12.7. The van der Waals surface area contributed by atoms with E-state index in [1.807, 2.05) is 55.9 Å². The van der Waals surface area contributed by atoms with E-state index < -0.39 is 0 Å². The number of rotatable bonds is 8. The zero-order valence-electron chi connectivity index (χ0n) is 17.5. The van der Waals surface area contributed by atoms with E-state index in [0.717, 1.165) is 36.2 Å². The van der Waals surface area contributed by atoms with Gasteiger partial charge < -0.3 is 20.4 Å². The number of nitrogens with zero attached hydrogens (tertiary/aromatic N) is 2. The summed E-state index contributed by atoms with van der Waals surface area (Å²) in [5.74, 6) is 0.255. The summed E-state index contributed by atoms with van der Waals surface area (Å²) in [7, 11) is 3.98. The van der Waals surface area contributed by atoms with Crippen molar-refractivity contribution in [2.24, 2.45) is 5.92 Å². The van der Waals surface area contributed by atoms with Gasteiger partial charge in [-0.3, -0.25) is 4.79 Å². The highest BCUT2D eigenvalue weighted by Crippen LogP contribution is 2.31. The lowest BCUT2D eigenvalue weighted by molar-refractivity contribution is -0.117. The molecular formula is C21H34N4O2. The molecule has 3 amide bonds. The Kier molecular flexibility index (Phi) is 7.11. The van der Waals surface area contributed by atoms with E-state index in [-0.39, 0.29) is 29.9 Å². The predicted molar refractivity (Wildman–Crippen MR) is 111 cm³/mol. The molecule has 1 aliphatic rings. The molecule has 0 spiro atoms. The van der Waals surface area contributed by atoms with Crippen LogP contribution < -0.4 is 15.5 Å². The monoisotopic (exact) mass is 374 g/mol. The van der Waals surface area contributed by atoms with Crippen LogP contribution in [0.4, 0.5) is 16.2 Å². The number of amides is 3. The molecule has 0 unspecified atom stereocenters. The van der Waals surface area contributed by atoms with Gasteiger partial charge in [0.05, 0.1) is 0 Å². The maximum Gasteiger partial charge on any atom is 0.318 e. The first-order valence-electron chi connectivity index (χ1n) is 9.91. The van der Waals surface area contributed by atoms with Gasteiger partial charge in [-0.25, -0.2) is 4.79 Å². The van der Waals surface area contributed by atoms with Crippen LogP contribution in [0.3, 0.4) is 0 Å². The Morgan fingerprint density at radius 1 is 1.19 bits per heavy atom. The summed E-state index contributed by atoms with van der Waals surface area (Å²) in [4.78, 5) is 28.8. The first kappa shape index (κ1) is 21.1. The molecule has 6 nitrogen and oxygen atoms in total. The maximum atomic E-state index is 12.7. The number of benzene rings is 1. The molecule has 1 aromatic rings. The number of hydrogen-bond acceptors (Lipinski definition) is 3. The molecule has 0 aliphatic heterocycles. The third kappa shape index (κ3) is 5.88. The molecule has 1 aliphatic carbocycles. The highest BCUT2D eigenvalue weighted by atomic mass is 16.2. The molecule has 27 heavy (non-hydrogen) atoms. The molecule has 0 aromatic heterocycles. The fourth-order valence-electron chi connectivity index (χ4n) is 2.98. The minimum absolute atomic E-state index is 0.0588. The number of nitrogens with one attached hydrogen (secondary N) is 2. The van der Waals surface area contributed by atoms with Crippen molar-refractivity contribution in [1.82, 2.24) is 10.2 Å². The van der Waals surface area contributed by atoms with Crippen LogP contribution in [0.5, 0.6) is 0 Å². The molecule has 0 radical (unpaired) electrons. The second kappa shape index (κ2) is 9.11. The van der Waals surface area contributed by atoms with Crippen molar-refractivity contribution in [3.8, 4) is 0 Å². The van der Waals surface area contributed by atoms with E-state index in [0.29, 0.717) is 6.54 Å². The third-order valence-corrected chi connectivity index (χ3v) is 4.91. The average Bonchev–Trinajstić information content (AvgIpc) is 3.43. The van der Waals surface area contributed by atoms with Gasteiger partial charge >= 0.3 is 6.03 Å². The molecule has 1 aromatic carbocycles. The first-order valence-corrected chi connectivity index (χ1v) is 9.91. The van der Waals surface area contributed by atoms with Crippen molar-refractivity contribution >= 4 is 23.3 Å². The number of anilines is 2. The summed E-state index contributed by atoms with van der Waals surface area (Å²) >= 11 is 0. The largest absolute Gasteiger partial charge is 0.377 e. The third-order valence-electron chi connectivity index (χ3n) is 4.91. The minimum atomic E-state index is -0.0588. The van der Waals surface area contributed by atoms with Crippen LogP contribution in [-0.2, 0) is 11.3 Å². The van der Waals surface area contributed by atoms with E-state index in [4.69, 9.17) is 0 Å². The van der Waals surface area contributed by atoms with Crippen molar-refractivity contribution in [3.05, 3.63) is 23.8 Å². The van der Waals surface area contributed by atoms with Crippen molar-refractivity contribution in [2.45, 2.75) is 65.6 Å². The fraction of sp³-hybridized carbons (Fsp3) is 0.619. The quantitative estimate of drug-likeness (QED) is 0.727. The molecule has 150 valence electrons. The molecule has 1 saturated carbocycles. The number of carbonyl (C=O) groups excluding carboxylic acids is 2. The Hall–Kier alpha value is -2.24. The Bertz CT molecular complexity index is 668. The SMILES string of the molecule is CC[C@@H](C)N(Cc1cc(NC(=O)C2CC2)ccc1N(C)C)C(=O)NC(C)C. The molecule has 6 heteroatoms. The molecule has 2 N–H and O–H groups in total. The van der Waals surface area contributed by atoms with Gasteiger partial charge in [0.2, 0.25) is 5.91 Å². The van der Waals surface area contributed by atoms with E-state index >= 15 is 0 Å². The second-order valence-corrected chi connectivity index (χ2v) is 7.99. The van der Waals surface area contributed by atoms with Crippen molar-refractivity contribution in [3.63, 3.8) is 0 Å². The van der Waals surface area contributed by atoms with Crippen LogP contribution in [0.15, 0.2) is 18.2 Å². The Morgan fingerprint density at radius 3 is 2.37 bits per heavy atom. The van der Waals surface area contributed by atoms with Crippen LogP contribution in [0, 0.1) is 5.92 Å². The van der Waals surface area contributed by atoms with Crippen molar-refractivity contribution < 1.29 is 9.59 Å². The molecule has 2 rings (SSSR count). The zero-order chi connectivity index (χ0) is 20.1. The van der Waals surface area contributed by atoms with Gasteiger partial charge in [0.25, 0.3) is 0 Å². The van der Waals surface area contributed by atoms with Gasteiger partial charge in [-0.15, -0.1) is 0 Å². The van der Waals surface area contributed by atoms with Gasteiger partial charge in [-0.1, -0.05) is 6.92 Å². The van der Waals surface area contributed by atoms with Gasteiger partial charge in [-0.05, 0) is 63.8 Å². The van der Waals surface area contributed by atoms with Gasteiger partial charge in [0.1, 0.15) is 0 Å². The molecular weight excluding hydrogens is 340 g/mol. The van der Waals surface area contributed by atoms with Crippen LogP contribution in [-0.4, -0.2) is 43.0 Å². The lowest BCUT2D eigenvalue weighted by atomic mass is 10.1. The summed E-state index contributed by atoms with van der Waals surface area (Å²) in [6.45, 7) is 8.57. The summed E-state index contributed by atoms with van der Waals surface area (Å²) in [6, 6.07) is 6.07. The molecule has 0 bridgehead atoms. The van der Waals surface area contributed by atoms with Gasteiger partial charge in [-0.2, -0.15) is 0 Å². The predicted octanol–water partition coefficient (Wildman–Crippen LogP) is 3.82. The maximum absolute atomic E-state index is 12.7. The van der Waals surface area contributed by atoms with Gasteiger partial charge in [0, 0.05) is 50.0 Å². The van der Waals surface area contributed by atoms with E-state index in [9.17, 15) is 9.59 Å². The fourth-order valence-corrected chi connectivity index (χ4v) is 2.98. The molecule has 1 fully saturated rings. The van der Waals surface area contributed by atoms with E-state index in [2.05, 4.69) is 24.5 Å². The Balaban J connectivity index is 2.27. The normalized spacial score (nSPS) is 14.6. The molecule has 0 saturated heterocycles. The standard InChI is InChI=1S/C21H34N4O2/c1-7-15(4)25(21(27)22-14(2)3)13-17-12-18(10-11-19(17)24(5)6)23-20(26)16-8-9-16/h10-12,14-16H,7-9,13H2,1-6H3,(H,22,27)(H,23,26)/t15-/m1/s1. The van der Waals surface area contributed by atoms with E-state index in [1.54, 1.807) is 0 Å². The summed E-state index contributed by atoms with van der Waals surface area (Å²) in [5.41, 5.74) is 2.86. The van der Waals surface area contributed by atoms with Crippen LogP contribution in [0.1, 0.15) is 52.5 Å². The Morgan fingerprint density at radius 2 is 1.85 bits per heavy atom. The average molecular weight is 375 g/mol. The molecule has 1 atom stereocenters. The lowest BCUT2D eigenvalue weighted by Gasteiger charge is -2.31. The minimum Gasteiger partial charge on any atom is -0.377 e. The lowest BCUT2D eigenvalue weighted by Crippen LogP contribution is -2.46. The Labute approximate surface area is 163 Å². The van der Waals surface area contributed by atoms with Crippen LogP contribution >= 0.6 is 0 Å². The second-order valence-electron chi connectivity index (χ2n) is 7.99. The highest BCUT2D eigenvalue weighted by molar-refractivity contribution is 5.94. The summed E-state index contributed by atoms with van der Waals surface area (Å²) in [5, 5.41) is 6.01. The highest BCUT2D eigenvalue weighted by Gasteiger charge is 2.29. The smallest absolute Gasteiger partial charge is 0.318 e. The van der Waals surface area contributed by atoms with Crippen molar-refractivity contribution in [2.75, 3.05) is 24.3 Å².